The van der Waals surface area contributed by atoms with E-state index in [4.69, 9.17) is 16.7 Å². The average molecular weight is 385 g/mol. The summed E-state index contributed by atoms with van der Waals surface area (Å²) in [6.07, 6.45) is 0. The molecular formula is C15H13ClN2O6S. The fraction of sp³-hybridized carbons (Fsp3) is 0.133. The second-order valence-corrected chi connectivity index (χ2v) is 7.33. The van der Waals surface area contributed by atoms with Gasteiger partial charge < -0.3 is 5.11 Å². The Hall–Kier alpha value is -2.65. The average Bonchev–Trinajstić information content (AvgIpc) is 2.54. The molecule has 1 N–H and O–H groups in total. The molecule has 132 valence electrons. The molecule has 0 heterocycles. The van der Waals surface area contributed by atoms with Crippen LogP contribution in [-0.4, -0.2) is 31.0 Å². The number of carbonyl (C=O) groups is 1. The van der Waals surface area contributed by atoms with Gasteiger partial charge in [-0.25, -0.2) is 8.42 Å². The zero-order chi connectivity index (χ0) is 18.8. The number of hydrogen-bond acceptors (Lipinski definition) is 5. The van der Waals surface area contributed by atoms with Gasteiger partial charge in [0.2, 0.25) is 0 Å². The highest BCUT2D eigenvalue weighted by Gasteiger charge is 2.33. The molecule has 2 rings (SSSR count). The van der Waals surface area contributed by atoms with Crippen molar-refractivity contribution in [3.05, 3.63) is 63.2 Å². The van der Waals surface area contributed by atoms with Crippen molar-refractivity contribution in [3.63, 3.8) is 0 Å². The minimum absolute atomic E-state index is 0.0352. The molecule has 0 atom stereocenters. The molecule has 0 fully saturated rings. The maximum absolute atomic E-state index is 13.0. The molecule has 0 radical (unpaired) electrons. The van der Waals surface area contributed by atoms with Crippen molar-refractivity contribution in [1.82, 2.24) is 0 Å². The molecule has 0 aliphatic heterocycles. The van der Waals surface area contributed by atoms with E-state index < -0.39 is 38.0 Å². The van der Waals surface area contributed by atoms with Gasteiger partial charge in [0.15, 0.2) is 4.90 Å². The Morgan fingerprint density at radius 3 is 2.52 bits per heavy atom. The lowest BCUT2D eigenvalue weighted by Gasteiger charge is -2.24. The van der Waals surface area contributed by atoms with E-state index in [1.54, 1.807) is 6.92 Å². The number of carboxylic acids is 1. The zero-order valence-corrected chi connectivity index (χ0v) is 14.5. The van der Waals surface area contributed by atoms with Gasteiger partial charge in [-0.05, 0) is 30.7 Å². The first-order chi connectivity index (χ1) is 11.6. The van der Waals surface area contributed by atoms with E-state index in [0.29, 0.717) is 9.87 Å². The number of anilines is 1. The van der Waals surface area contributed by atoms with Crippen molar-refractivity contribution in [2.45, 2.75) is 11.8 Å². The Balaban J connectivity index is 2.72. The molecule has 2 aromatic rings. The van der Waals surface area contributed by atoms with Crippen LogP contribution in [0.1, 0.15) is 5.56 Å². The minimum Gasteiger partial charge on any atom is -0.480 e. The van der Waals surface area contributed by atoms with Crippen LogP contribution in [0, 0.1) is 17.0 Å². The number of aryl methyl sites for hydroxylation is 1. The standard InChI is InChI=1S/C15H13ClN2O6S/c1-10-6-7-11(16)8-13(10)17(9-15(19)20)25(23,24)14-5-3-2-4-12(14)18(21)22/h2-8H,9H2,1H3,(H,19,20). The third-order valence-electron chi connectivity index (χ3n) is 3.35. The van der Waals surface area contributed by atoms with Gasteiger partial charge in [-0.2, -0.15) is 0 Å². The lowest BCUT2D eigenvalue weighted by Crippen LogP contribution is -2.36. The zero-order valence-electron chi connectivity index (χ0n) is 12.9. The van der Waals surface area contributed by atoms with E-state index in [1.807, 2.05) is 0 Å². The highest BCUT2D eigenvalue weighted by Crippen LogP contribution is 2.32. The van der Waals surface area contributed by atoms with E-state index >= 15 is 0 Å². The molecule has 10 heteroatoms. The van der Waals surface area contributed by atoms with Gasteiger partial charge >= 0.3 is 5.97 Å². The third kappa shape index (κ3) is 3.89. The van der Waals surface area contributed by atoms with Crippen LogP contribution in [0.25, 0.3) is 0 Å². The first-order valence-corrected chi connectivity index (χ1v) is 8.70. The lowest BCUT2D eigenvalue weighted by molar-refractivity contribution is -0.387. The molecule has 0 aliphatic rings. The van der Waals surface area contributed by atoms with Crippen LogP contribution in [0.2, 0.25) is 5.02 Å². The van der Waals surface area contributed by atoms with Crippen molar-refractivity contribution in [2.24, 2.45) is 0 Å². The number of nitro benzene ring substituents is 1. The van der Waals surface area contributed by atoms with E-state index in [-0.39, 0.29) is 10.7 Å². The van der Waals surface area contributed by atoms with Crippen LogP contribution >= 0.6 is 11.6 Å². The smallest absolute Gasteiger partial charge is 0.324 e. The lowest BCUT2D eigenvalue weighted by atomic mass is 10.2. The Morgan fingerprint density at radius 2 is 1.92 bits per heavy atom. The summed E-state index contributed by atoms with van der Waals surface area (Å²) in [6.45, 7) is 0.672. The maximum atomic E-state index is 13.0. The molecule has 0 aromatic heterocycles. The summed E-state index contributed by atoms with van der Waals surface area (Å²) in [6, 6.07) is 9.09. The van der Waals surface area contributed by atoms with E-state index in [9.17, 15) is 23.3 Å². The summed E-state index contributed by atoms with van der Waals surface area (Å²) in [5, 5.41) is 20.5. The number of rotatable bonds is 6. The highest BCUT2D eigenvalue weighted by atomic mass is 35.5. The number of carboxylic acid groups (broad SMARTS) is 1. The predicted octanol–water partition coefficient (Wildman–Crippen LogP) is 2.84. The number of sulfonamides is 1. The van der Waals surface area contributed by atoms with Crippen molar-refractivity contribution in [3.8, 4) is 0 Å². The number of nitro groups is 1. The van der Waals surface area contributed by atoms with Crippen LogP contribution in [0.5, 0.6) is 0 Å². The number of aliphatic carboxylic acids is 1. The van der Waals surface area contributed by atoms with Gasteiger partial charge in [-0.15, -0.1) is 0 Å². The number of nitrogens with zero attached hydrogens (tertiary/aromatic N) is 2. The number of para-hydroxylation sites is 1. The van der Waals surface area contributed by atoms with Crippen LogP contribution < -0.4 is 4.31 Å². The fourth-order valence-electron chi connectivity index (χ4n) is 2.22. The minimum atomic E-state index is -4.51. The summed E-state index contributed by atoms with van der Waals surface area (Å²) in [4.78, 5) is 20.9. The second-order valence-electron chi connectivity index (χ2n) is 5.06. The molecule has 0 spiro atoms. The summed E-state index contributed by atoms with van der Waals surface area (Å²) >= 11 is 5.90. The van der Waals surface area contributed by atoms with E-state index in [0.717, 1.165) is 12.1 Å². The summed E-state index contributed by atoms with van der Waals surface area (Å²) in [7, 11) is -4.51. The van der Waals surface area contributed by atoms with Crippen LogP contribution in [0.4, 0.5) is 11.4 Å². The Bertz CT molecular complexity index is 945. The Labute approximate surface area is 148 Å². The second kappa shape index (κ2) is 7.08. The SMILES string of the molecule is Cc1ccc(Cl)cc1N(CC(=O)O)S(=O)(=O)c1ccccc1[N+](=O)[O-]. The van der Waals surface area contributed by atoms with Gasteiger partial charge in [0.25, 0.3) is 15.7 Å². The topological polar surface area (TPSA) is 118 Å². The molecule has 0 saturated carbocycles. The first-order valence-electron chi connectivity index (χ1n) is 6.88. The third-order valence-corrected chi connectivity index (χ3v) is 5.39. The molecular weight excluding hydrogens is 372 g/mol. The van der Waals surface area contributed by atoms with Crippen molar-refractivity contribution in [1.29, 1.82) is 0 Å². The summed E-state index contributed by atoms with van der Waals surface area (Å²) in [5.41, 5.74) is -0.154. The van der Waals surface area contributed by atoms with Gasteiger partial charge in [-0.3, -0.25) is 19.2 Å². The largest absolute Gasteiger partial charge is 0.480 e. The number of hydrogen-bond donors (Lipinski definition) is 1. The van der Waals surface area contributed by atoms with E-state index in [1.165, 1.54) is 30.3 Å². The van der Waals surface area contributed by atoms with E-state index in [2.05, 4.69) is 0 Å². The Morgan fingerprint density at radius 1 is 1.28 bits per heavy atom. The van der Waals surface area contributed by atoms with Gasteiger partial charge in [0.1, 0.15) is 6.54 Å². The van der Waals surface area contributed by atoms with Crippen LogP contribution in [0.3, 0.4) is 0 Å². The quantitative estimate of drug-likeness (QED) is 0.604. The van der Waals surface area contributed by atoms with Crippen LogP contribution in [0.15, 0.2) is 47.4 Å². The fourth-order valence-corrected chi connectivity index (χ4v) is 4.02. The van der Waals surface area contributed by atoms with Gasteiger partial charge in [-0.1, -0.05) is 29.8 Å². The molecule has 25 heavy (non-hydrogen) atoms. The monoisotopic (exact) mass is 384 g/mol. The molecule has 0 amide bonds. The normalized spacial score (nSPS) is 11.1. The predicted molar refractivity (Wildman–Crippen MR) is 91.5 cm³/mol. The molecule has 0 aliphatic carbocycles. The van der Waals surface area contributed by atoms with Crippen molar-refractivity contribution < 1.29 is 23.2 Å². The van der Waals surface area contributed by atoms with Crippen LogP contribution in [-0.2, 0) is 14.8 Å². The molecule has 2 aromatic carbocycles. The molecule has 8 nitrogen and oxygen atoms in total. The Kier molecular flexibility index (Phi) is 5.29. The molecule has 0 unspecified atom stereocenters. The highest BCUT2D eigenvalue weighted by molar-refractivity contribution is 7.93. The summed E-state index contributed by atoms with van der Waals surface area (Å²) in [5.74, 6) is -1.42. The van der Waals surface area contributed by atoms with Crippen molar-refractivity contribution >= 4 is 39.0 Å². The van der Waals surface area contributed by atoms with Gasteiger partial charge in [0, 0.05) is 11.1 Å². The first kappa shape index (κ1) is 18.7. The number of benzene rings is 2. The molecule has 0 bridgehead atoms. The van der Waals surface area contributed by atoms with Gasteiger partial charge in [0.05, 0.1) is 10.6 Å². The summed E-state index contributed by atoms with van der Waals surface area (Å²) < 4.78 is 26.5. The molecule has 0 saturated heterocycles. The van der Waals surface area contributed by atoms with Crippen molar-refractivity contribution in [2.75, 3.05) is 10.8 Å². The maximum Gasteiger partial charge on any atom is 0.324 e. The number of halogens is 1.